The van der Waals surface area contributed by atoms with Crippen LogP contribution in [0.5, 0.6) is 0 Å². The van der Waals surface area contributed by atoms with Crippen LogP contribution in [0.1, 0.15) is 19.3 Å². The van der Waals surface area contributed by atoms with Gasteiger partial charge in [0.25, 0.3) is 0 Å². The van der Waals surface area contributed by atoms with Crippen molar-refractivity contribution in [3.63, 3.8) is 0 Å². The van der Waals surface area contributed by atoms with Crippen molar-refractivity contribution < 1.29 is 4.79 Å². The Morgan fingerprint density at radius 2 is 1.85 bits per heavy atom. The normalized spacial score (nSPS) is 15.4. The standard InChI is InChI=1S/C15H27N3O.ClH/c1-3-6-14(7-4-2)15(19)17-8-5-11-18-12-9-16-10-13-18;/h3-4,14,16H,1-2,5-13H2,(H,17,19);1H. The maximum absolute atomic E-state index is 11.9. The molecule has 4 nitrogen and oxygen atoms in total. The van der Waals surface area contributed by atoms with Gasteiger partial charge in [-0.05, 0) is 25.8 Å². The molecule has 5 heteroatoms. The van der Waals surface area contributed by atoms with Gasteiger partial charge in [-0.3, -0.25) is 4.79 Å². The fourth-order valence-corrected chi connectivity index (χ4v) is 2.31. The monoisotopic (exact) mass is 301 g/mol. The molecule has 0 unspecified atom stereocenters. The van der Waals surface area contributed by atoms with E-state index in [2.05, 4.69) is 28.7 Å². The number of nitrogens with zero attached hydrogens (tertiary/aromatic N) is 1. The molecule has 1 amide bonds. The summed E-state index contributed by atoms with van der Waals surface area (Å²) in [5, 5.41) is 6.35. The highest BCUT2D eigenvalue weighted by Crippen LogP contribution is 2.09. The Hall–Kier alpha value is -0.840. The van der Waals surface area contributed by atoms with Gasteiger partial charge in [0.2, 0.25) is 5.91 Å². The molecule has 0 saturated carbocycles. The van der Waals surface area contributed by atoms with Gasteiger partial charge in [-0.15, -0.1) is 25.6 Å². The number of amides is 1. The molecule has 0 bridgehead atoms. The van der Waals surface area contributed by atoms with Crippen LogP contribution in [-0.2, 0) is 4.79 Å². The summed E-state index contributed by atoms with van der Waals surface area (Å²) < 4.78 is 0. The van der Waals surface area contributed by atoms with Gasteiger partial charge in [-0.2, -0.15) is 0 Å². The zero-order valence-electron chi connectivity index (χ0n) is 12.3. The maximum Gasteiger partial charge on any atom is 0.223 e. The number of rotatable bonds is 9. The van der Waals surface area contributed by atoms with Crippen LogP contribution in [0.15, 0.2) is 25.3 Å². The molecule has 0 aromatic carbocycles. The maximum atomic E-state index is 11.9. The summed E-state index contributed by atoms with van der Waals surface area (Å²) in [5.74, 6) is 0.120. The lowest BCUT2D eigenvalue weighted by atomic mass is 10.0. The second-order valence-corrected chi connectivity index (χ2v) is 4.98. The number of hydrogen-bond acceptors (Lipinski definition) is 3. The summed E-state index contributed by atoms with van der Waals surface area (Å²) >= 11 is 0. The van der Waals surface area contributed by atoms with E-state index in [1.165, 1.54) is 0 Å². The average molecular weight is 302 g/mol. The van der Waals surface area contributed by atoms with E-state index >= 15 is 0 Å². The second kappa shape index (κ2) is 11.9. The molecule has 0 spiro atoms. The van der Waals surface area contributed by atoms with E-state index < -0.39 is 0 Å². The molecule has 0 aliphatic carbocycles. The lowest BCUT2D eigenvalue weighted by Crippen LogP contribution is -2.44. The third-order valence-corrected chi connectivity index (χ3v) is 3.43. The third kappa shape index (κ3) is 7.68. The minimum absolute atomic E-state index is 0. The lowest BCUT2D eigenvalue weighted by Gasteiger charge is -2.27. The van der Waals surface area contributed by atoms with Crippen molar-refractivity contribution in [1.29, 1.82) is 0 Å². The molecule has 20 heavy (non-hydrogen) atoms. The Morgan fingerprint density at radius 1 is 1.25 bits per heavy atom. The minimum atomic E-state index is -0.00538. The summed E-state index contributed by atoms with van der Waals surface area (Å²) in [6, 6.07) is 0. The number of carbonyl (C=O) groups excluding carboxylic acids is 1. The van der Waals surface area contributed by atoms with Gasteiger partial charge in [-0.1, -0.05) is 12.2 Å². The zero-order chi connectivity index (χ0) is 13.9. The summed E-state index contributed by atoms with van der Waals surface area (Å²) in [4.78, 5) is 14.4. The minimum Gasteiger partial charge on any atom is -0.356 e. The largest absolute Gasteiger partial charge is 0.356 e. The van der Waals surface area contributed by atoms with E-state index in [0.717, 1.165) is 58.5 Å². The van der Waals surface area contributed by atoms with E-state index in [4.69, 9.17) is 0 Å². The van der Waals surface area contributed by atoms with Crippen LogP contribution in [0.25, 0.3) is 0 Å². The highest BCUT2D eigenvalue weighted by Gasteiger charge is 2.15. The van der Waals surface area contributed by atoms with Crippen LogP contribution in [0.3, 0.4) is 0 Å². The lowest BCUT2D eigenvalue weighted by molar-refractivity contribution is -0.124. The zero-order valence-corrected chi connectivity index (χ0v) is 13.1. The Balaban J connectivity index is 0.00000361. The van der Waals surface area contributed by atoms with Crippen molar-refractivity contribution in [1.82, 2.24) is 15.5 Å². The molecule has 1 heterocycles. The van der Waals surface area contributed by atoms with Gasteiger partial charge < -0.3 is 15.5 Å². The van der Waals surface area contributed by atoms with E-state index in [-0.39, 0.29) is 24.2 Å². The van der Waals surface area contributed by atoms with E-state index in [9.17, 15) is 4.79 Å². The Kier molecular flexibility index (Phi) is 11.4. The number of hydrogen-bond donors (Lipinski definition) is 2. The number of halogens is 1. The Labute approximate surface area is 129 Å². The van der Waals surface area contributed by atoms with E-state index in [1.54, 1.807) is 12.2 Å². The number of allylic oxidation sites excluding steroid dienone is 2. The molecule has 0 aromatic rings. The SMILES string of the molecule is C=CCC(CC=C)C(=O)NCCCN1CCNCC1.Cl. The quantitative estimate of drug-likeness (QED) is 0.502. The summed E-state index contributed by atoms with van der Waals surface area (Å²) in [5.41, 5.74) is 0. The predicted molar refractivity (Wildman–Crippen MR) is 87.3 cm³/mol. The molecule has 0 aromatic heterocycles. The molecule has 1 saturated heterocycles. The Bertz CT molecular complexity index is 281. The van der Waals surface area contributed by atoms with Crippen LogP contribution >= 0.6 is 12.4 Å². The molecule has 1 aliphatic rings. The van der Waals surface area contributed by atoms with Crippen molar-refractivity contribution in [2.45, 2.75) is 19.3 Å². The molecule has 1 aliphatic heterocycles. The van der Waals surface area contributed by atoms with E-state index in [0.29, 0.717) is 0 Å². The molecule has 0 atom stereocenters. The second-order valence-electron chi connectivity index (χ2n) is 4.98. The van der Waals surface area contributed by atoms with Crippen molar-refractivity contribution >= 4 is 18.3 Å². The number of carbonyl (C=O) groups is 1. The fourth-order valence-electron chi connectivity index (χ4n) is 2.31. The van der Waals surface area contributed by atoms with Crippen molar-refractivity contribution in [3.05, 3.63) is 25.3 Å². The summed E-state index contributed by atoms with van der Waals surface area (Å²) in [6.45, 7) is 13.6. The van der Waals surface area contributed by atoms with Gasteiger partial charge in [0, 0.05) is 38.6 Å². The third-order valence-electron chi connectivity index (χ3n) is 3.43. The highest BCUT2D eigenvalue weighted by atomic mass is 35.5. The van der Waals surface area contributed by atoms with Crippen LogP contribution in [-0.4, -0.2) is 50.1 Å². The summed E-state index contributed by atoms with van der Waals surface area (Å²) in [7, 11) is 0. The average Bonchev–Trinajstić information content (AvgIpc) is 2.44. The van der Waals surface area contributed by atoms with Crippen LogP contribution < -0.4 is 10.6 Å². The molecule has 0 radical (unpaired) electrons. The highest BCUT2D eigenvalue weighted by molar-refractivity contribution is 5.85. The molecular formula is C15H28ClN3O. The molecule has 116 valence electrons. The summed E-state index contributed by atoms with van der Waals surface area (Å²) in [6.07, 6.45) is 6.05. The fraction of sp³-hybridized carbons (Fsp3) is 0.667. The van der Waals surface area contributed by atoms with Gasteiger partial charge in [0.15, 0.2) is 0 Å². The van der Waals surface area contributed by atoms with Gasteiger partial charge in [0.05, 0.1) is 0 Å². The van der Waals surface area contributed by atoms with Crippen LogP contribution in [0.2, 0.25) is 0 Å². The van der Waals surface area contributed by atoms with Crippen LogP contribution in [0.4, 0.5) is 0 Å². The van der Waals surface area contributed by atoms with Gasteiger partial charge in [0.1, 0.15) is 0 Å². The smallest absolute Gasteiger partial charge is 0.223 e. The molecule has 1 rings (SSSR count). The van der Waals surface area contributed by atoms with Crippen molar-refractivity contribution in [2.75, 3.05) is 39.3 Å². The van der Waals surface area contributed by atoms with E-state index in [1.807, 2.05) is 0 Å². The molecule has 1 fully saturated rings. The van der Waals surface area contributed by atoms with Gasteiger partial charge >= 0.3 is 0 Å². The first kappa shape index (κ1) is 19.2. The van der Waals surface area contributed by atoms with Crippen LogP contribution in [0, 0.1) is 5.92 Å². The topological polar surface area (TPSA) is 44.4 Å². The number of piperazine rings is 1. The van der Waals surface area contributed by atoms with Crippen molar-refractivity contribution in [3.8, 4) is 0 Å². The first-order valence-corrected chi connectivity index (χ1v) is 7.20. The molecular weight excluding hydrogens is 274 g/mol. The Morgan fingerprint density at radius 3 is 2.40 bits per heavy atom. The molecule has 2 N–H and O–H groups in total. The van der Waals surface area contributed by atoms with Crippen molar-refractivity contribution in [2.24, 2.45) is 5.92 Å². The first-order valence-electron chi connectivity index (χ1n) is 7.20. The predicted octanol–water partition coefficient (Wildman–Crippen LogP) is 1.59. The first-order chi connectivity index (χ1) is 9.27. The van der Waals surface area contributed by atoms with Gasteiger partial charge in [-0.25, -0.2) is 0 Å². The number of nitrogens with one attached hydrogen (secondary N) is 2.